The highest BCUT2D eigenvalue weighted by atomic mass is 16.5. The number of nitrogens with one attached hydrogen (secondary N) is 2. The van der Waals surface area contributed by atoms with Crippen LogP contribution in [-0.2, 0) is 11.4 Å². The van der Waals surface area contributed by atoms with Crippen molar-refractivity contribution in [1.29, 1.82) is 0 Å². The van der Waals surface area contributed by atoms with Gasteiger partial charge in [0.2, 0.25) is 0 Å². The van der Waals surface area contributed by atoms with E-state index in [2.05, 4.69) is 17.6 Å². The van der Waals surface area contributed by atoms with Gasteiger partial charge in [-0.1, -0.05) is 42.5 Å². The molecule has 0 aliphatic carbocycles. The summed E-state index contributed by atoms with van der Waals surface area (Å²) < 4.78 is 11.6. The third-order valence-electron chi connectivity index (χ3n) is 4.55. The van der Waals surface area contributed by atoms with Gasteiger partial charge >= 0.3 is 0 Å². The Balaban J connectivity index is 1.52. The molecule has 1 saturated heterocycles. The molecule has 5 heteroatoms. The van der Waals surface area contributed by atoms with Gasteiger partial charge in [0.1, 0.15) is 6.61 Å². The van der Waals surface area contributed by atoms with Gasteiger partial charge in [-0.3, -0.25) is 4.79 Å². The van der Waals surface area contributed by atoms with E-state index >= 15 is 0 Å². The number of ether oxygens (including phenoxy) is 2. The molecule has 2 aromatic carbocycles. The van der Waals surface area contributed by atoms with E-state index in [1.54, 1.807) is 0 Å². The largest absolute Gasteiger partial charge is 0.485 e. The van der Waals surface area contributed by atoms with Gasteiger partial charge in [0.15, 0.2) is 18.1 Å². The number of piperidine rings is 1. The maximum absolute atomic E-state index is 12.2. The normalized spacial score (nSPS) is 19.6. The summed E-state index contributed by atoms with van der Waals surface area (Å²) >= 11 is 0. The van der Waals surface area contributed by atoms with E-state index < -0.39 is 0 Å². The average molecular weight is 354 g/mol. The Labute approximate surface area is 154 Å². The van der Waals surface area contributed by atoms with Crippen LogP contribution in [0.3, 0.4) is 0 Å². The van der Waals surface area contributed by atoms with Gasteiger partial charge in [0.25, 0.3) is 5.91 Å². The first-order valence-electron chi connectivity index (χ1n) is 9.13. The molecule has 1 fully saturated rings. The molecule has 1 amide bonds. The summed E-state index contributed by atoms with van der Waals surface area (Å²) in [5, 5.41) is 6.43. The van der Waals surface area contributed by atoms with Crippen LogP contribution in [-0.4, -0.2) is 31.1 Å². The van der Waals surface area contributed by atoms with Gasteiger partial charge in [-0.25, -0.2) is 0 Å². The summed E-state index contributed by atoms with van der Waals surface area (Å²) in [5.74, 6) is 1.11. The highest BCUT2D eigenvalue weighted by Gasteiger charge is 2.22. The molecule has 0 spiro atoms. The predicted molar refractivity (Wildman–Crippen MR) is 101 cm³/mol. The quantitative estimate of drug-likeness (QED) is 0.803. The summed E-state index contributed by atoms with van der Waals surface area (Å²) in [6, 6.07) is 17.8. The lowest BCUT2D eigenvalue weighted by Gasteiger charge is -2.30. The monoisotopic (exact) mass is 354 g/mol. The van der Waals surface area contributed by atoms with Crippen LogP contribution in [0.2, 0.25) is 0 Å². The molecule has 0 saturated carbocycles. The minimum Gasteiger partial charge on any atom is -0.485 e. The Morgan fingerprint density at radius 3 is 2.50 bits per heavy atom. The van der Waals surface area contributed by atoms with Crippen molar-refractivity contribution in [2.45, 2.75) is 38.5 Å². The summed E-state index contributed by atoms with van der Waals surface area (Å²) in [6.07, 6.45) is 2.07. The van der Waals surface area contributed by atoms with Crippen LogP contribution in [0.5, 0.6) is 11.5 Å². The summed E-state index contributed by atoms with van der Waals surface area (Å²) in [4.78, 5) is 12.2. The maximum atomic E-state index is 12.2. The maximum Gasteiger partial charge on any atom is 0.258 e. The number of rotatable bonds is 7. The first-order chi connectivity index (χ1) is 12.7. The van der Waals surface area contributed by atoms with E-state index in [9.17, 15) is 4.79 Å². The molecular weight excluding hydrogens is 328 g/mol. The molecule has 2 N–H and O–H groups in total. The van der Waals surface area contributed by atoms with E-state index in [4.69, 9.17) is 9.47 Å². The van der Waals surface area contributed by atoms with Crippen molar-refractivity contribution in [2.75, 3.05) is 13.2 Å². The molecular formula is C21H26N2O3. The smallest absolute Gasteiger partial charge is 0.258 e. The molecule has 2 aromatic rings. The van der Waals surface area contributed by atoms with Crippen LogP contribution in [0.15, 0.2) is 54.6 Å². The minimum absolute atomic E-state index is 0.0189. The van der Waals surface area contributed by atoms with E-state index in [1.807, 2.05) is 54.6 Å². The lowest BCUT2D eigenvalue weighted by atomic mass is 10.00. The van der Waals surface area contributed by atoms with Crippen molar-refractivity contribution in [3.05, 3.63) is 60.2 Å². The zero-order chi connectivity index (χ0) is 18.2. The average Bonchev–Trinajstić information content (AvgIpc) is 2.68. The third-order valence-corrected chi connectivity index (χ3v) is 4.55. The molecule has 0 bridgehead atoms. The van der Waals surface area contributed by atoms with Gasteiger partial charge in [0.05, 0.1) is 0 Å². The molecule has 2 atom stereocenters. The predicted octanol–water partition coefficient (Wildman–Crippen LogP) is 2.90. The van der Waals surface area contributed by atoms with Gasteiger partial charge in [-0.05, 0) is 44.0 Å². The van der Waals surface area contributed by atoms with Gasteiger partial charge in [-0.2, -0.15) is 0 Å². The Morgan fingerprint density at radius 1 is 1.08 bits per heavy atom. The van der Waals surface area contributed by atoms with Crippen LogP contribution in [0.4, 0.5) is 0 Å². The highest BCUT2D eigenvalue weighted by molar-refractivity contribution is 5.78. The lowest BCUT2D eigenvalue weighted by Crippen LogP contribution is -2.52. The number of carbonyl (C=O) groups is 1. The molecule has 1 heterocycles. The van der Waals surface area contributed by atoms with E-state index in [0.717, 1.165) is 24.9 Å². The highest BCUT2D eigenvalue weighted by Crippen LogP contribution is 2.27. The molecule has 1 aliphatic heterocycles. The Bertz CT molecular complexity index is 705. The fraction of sp³-hybridized carbons (Fsp3) is 0.381. The Kier molecular flexibility index (Phi) is 6.50. The molecule has 0 aromatic heterocycles. The van der Waals surface area contributed by atoms with Crippen molar-refractivity contribution >= 4 is 5.91 Å². The fourth-order valence-electron chi connectivity index (χ4n) is 3.06. The summed E-state index contributed by atoms with van der Waals surface area (Å²) in [7, 11) is 0. The van der Waals surface area contributed by atoms with Crippen LogP contribution in [0.1, 0.15) is 25.3 Å². The van der Waals surface area contributed by atoms with Crippen molar-refractivity contribution in [1.82, 2.24) is 10.6 Å². The zero-order valence-electron chi connectivity index (χ0n) is 15.1. The topological polar surface area (TPSA) is 59.6 Å². The van der Waals surface area contributed by atoms with Gasteiger partial charge in [0, 0.05) is 12.1 Å². The second-order valence-corrected chi connectivity index (χ2v) is 6.57. The third kappa shape index (κ3) is 5.23. The molecule has 1 aliphatic rings. The van der Waals surface area contributed by atoms with E-state index in [-0.39, 0.29) is 24.6 Å². The number of hydrogen-bond acceptors (Lipinski definition) is 4. The fourth-order valence-corrected chi connectivity index (χ4v) is 3.06. The second-order valence-electron chi connectivity index (χ2n) is 6.57. The first kappa shape index (κ1) is 18.3. The SMILES string of the molecule is CC1NCCCC1NC(=O)COc1ccccc1OCc1ccccc1. The van der Waals surface area contributed by atoms with Gasteiger partial charge < -0.3 is 20.1 Å². The zero-order valence-corrected chi connectivity index (χ0v) is 15.1. The first-order valence-corrected chi connectivity index (χ1v) is 9.13. The number of benzene rings is 2. The van der Waals surface area contributed by atoms with Crippen molar-refractivity contribution in [2.24, 2.45) is 0 Å². The second kappa shape index (κ2) is 9.25. The lowest BCUT2D eigenvalue weighted by molar-refractivity contribution is -0.124. The molecule has 138 valence electrons. The van der Waals surface area contributed by atoms with E-state index in [0.29, 0.717) is 18.1 Å². The molecule has 2 unspecified atom stereocenters. The van der Waals surface area contributed by atoms with Gasteiger partial charge in [-0.15, -0.1) is 0 Å². The molecule has 5 nitrogen and oxygen atoms in total. The van der Waals surface area contributed by atoms with Crippen molar-refractivity contribution < 1.29 is 14.3 Å². The van der Waals surface area contributed by atoms with Crippen LogP contribution in [0, 0.1) is 0 Å². The minimum atomic E-state index is -0.108. The number of carbonyl (C=O) groups excluding carboxylic acids is 1. The summed E-state index contributed by atoms with van der Waals surface area (Å²) in [5.41, 5.74) is 1.08. The molecule has 0 radical (unpaired) electrons. The Hall–Kier alpha value is -2.53. The van der Waals surface area contributed by atoms with Crippen LogP contribution >= 0.6 is 0 Å². The molecule has 26 heavy (non-hydrogen) atoms. The number of amides is 1. The van der Waals surface area contributed by atoms with Crippen molar-refractivity contribution in [3.63, 3.8) is 0 Å². The molecule has 3 rings (SSSR count). The summed E-state index contributed by atoms with van der Waals surface area (Å²) in [6.45, 7) is 3.54. The van der Waals surface area contributed by atoms with Crippen molar-refractivity contribution in [3.8, 4) is 11.5 Å². The number of para-hydroxylation sites is 2. The standard InChI is InChI=1S/C21H26N2O3/c1-16-18(10-7-13-22-16)23-21(24)15-26-20-12-6-5-11-19(20)25-14-17-8-3-2-4-9-17/h2-6,8-9,11-12,16,18,22H,7,10,13-15H2,1H3,(H,23,24). The Morgan fingerprint density at radius 2 is 1.77 bits per heavy atom. The van der Waals surface area contributed by atoms with Crippen LogP contribution < -0.4 is 20.1 Å². The number of hydrogen-bond donors (Lipinski definition) is 2. The van der Waals surface area contributed by atoms with Crippen LogP contribution in [0.25, 0.3) is 0 Å². The van der Waals surface area contributed by atoms with E-state index in [1.165, 1.54) is 0 Å².